The summed E-state index contributed by atoms with van der Waals surface area (Å²) in [4.78, 5) is 40.3. The molecule has 1 unspecified atom stereocenters. The van der Waals surface area contributed by atoms with Crippen molar-refractivity contribution in [1.29, 1.82) is 0 Å². The van der Waals surface area contributed by atoms with Crippen molar-refractivity contribution < 1.29 is 13.9 Å². The second-order valence-corrected chi connectivity index (χ2v) is 10.3. The second kappa shape index (κ2) is 10.3. The first-order chi connectivity index (χ1) is 20.6. The maximum Gasteiger partial charge on any atom is 0.344 e. The van der Waals surface area contributed by atoms with Crippen LogP contribution in [0.2, 0.25) is 0 Å². The summed E-state index contributed by atoms with van der Waals surface area (Å²) in [6, 6.07) is 20.0. The van der Waals surface area contributed by atoms with Gasteiger partial charge in [-0.15, -0.1) is 0 Å². The van der Waals surface area contributed by atoms with Gasteiger partial charge in [0.25, 0.3) is 5.56 Å². The molecule has 0 aliphatic heterocycles. The smallest absolute Gasteiger partial charge is 0.344 e. The van der Waals surface area contributed by atoms with Crippen LogP contribution in [0, 0.1) is 12.7 Å². The summed E-state index contributed by atoms with van der Waals surface area (Å²) in [5.74, 6) is -2.87. The number of rotatable bonds is 5. The molecule has 0 aliphatic carbocycles. The van der Waals surface area contributed by atoms with Crippen LogP contribution in [0.25, 0.3) is 27.9 Å². The Hall–Kier alpha value is -5.71. The lowest BCUT2D eigenvalue weighted by molar-refractivity contribution is 0.454. The Morgan fingerprint density at radius 2 is 1.63 bits per heavy atom. The molecule has 0 bridgehead atoms. The van der Waals surface area contributed by atoms with Crippen LogP contribution in [0.15, 0.2) is 97.8 Å². The Bertz CT molecular complexity index is 2210. The number of nitrogen functional groups attached to an aromatic ring is 1. The van der Waals surface area contributed by atoms with Crippen molar-refractivity contribution in [3.05, 3.63) is 138 Å². The predicted octanol–water partition coefficient (Wildman–Crippen LogP) is 3.96. The molecule has 6 rings (SSSR count). The van der Waals surface area contributed by atoms with Gasteiger partial charge in [0, 0.05) is 31.4 Å². The van der Waals surface area contributed by atoms with Crippen LogP contribution in [0.1, 0.15) is 28.2 Å². The number of fused-ring (bicyclic) bond motifs is 1. The number of nitrogens with zero attached hydrogens (tertiary/aromatic N) is 4. The normalized spacial score (nSPS) is 12.1. The number of para-hydroxylation sites is 1. The van der Waals surface area contributed by atoms with Crippen molar-refractivity contribution >= 4 is 16.8 Å². The Balaban J connectivity index is 1.79. The number of aryl methyl sites for hydroxylation is 1. The Kier molecular flexibility index (Phi) is 6.57. The zero-order valence-electron chi connectivity index (χ0n) is 23.4. The van der Waals surface area contributed by atoms with E-state index in [0.29, 0.717) is 22.5 Å². The molecular weight excluding hydrogens is 553 g/mol. The van der Waals surface area contributed by atoms with Gasteiger partial charge in [0.15, 0.2) is 0 Å². The highest BCUT2D eigenvalue weighted by molar-refractivity contribution is 5.85. The standard InChI is InChI=1S/C32H26FN5O5/c1-17-9-11-18(12-10-17)27-22(16-38(35-27)20-7-5-4-6-8-20)24(26-29(34)36(2)32(42)37(3)30(26)40)25-28(39)21-15-19(33)13-14-23(21)43-31(25)41/h4-16,24,39H,34H2,1-3H3. The van der Waals surface area contributed by atoms with Crippen molar-refractivity contribution in [2.45, 2.75) is 12.8 Å². The summed E-state index contributed by atoms with van der Waals surface area (Å²) in [5, 5.41) is 16.3. The van der Waals surface area contributed by atoms with Crippen LogP contribution in [-0.4, -0.2) is 24.0 Å². The molecule has 0 radical (unpaired) electrons. The molecular formula is C32H26FN5O5. The summed E-state index contributed by atoms with van der Waals surface area (Å²) >= 11 is 0. The molecule has 1 atom stereocenters. The van der Waals surface area contributed by atoms with Gasteiger partial charge in [0.05, 0.1) is 33.8 Å². The van der Waals surface area contributed by atoms with E-state index in [1.54, 1.807) is 10.9 Å². The average Bonchev–Trinajstić information content (AvgIpc) is 3.44. The van der Waals surface area contributed by atoms with E-state index in [-0.39, 0.29) is 27.9 Å². The third kappa shape index (κ3) is 4.51. The summed E-state index contributed by atoms with van der Waals surface area (Å²) < 4.78 is 23.4. The summed E-state index contributed by atoms with van der Waals surface area (Å²) in [5.41, 5.74) is 6.44. The molecule has 0 spiro atoms. The van der Waals surface area contributed by atoms with E-state index < -0.39 is 34.4 Å². The predicted molar refractivity (Wildman–Crippen MR) is 160 cm³/mol. The lowest BCUT2D eigenvalue weighted by Crippen LogP contribution is -2.41. The van der Waals surface area contributed by atoms with Crippen LogP contribution in [0.4, 0.5) is 10.2 Å². The topological polar surface area (TPSA) is 138 Å². The quantitative estimate of drug-likeness (QED) is 0.295. The number of benzene rings is 3. The number of aromatic hydroxyl groups is 1. The van der Waals surface area contributed by atoms with E-state index >= 15 is 0 Å². The molecule has 0 aliphatic rings. The maximum atomic E-state index is 14.3. The Morgan fingerprint density at radius 3 is 2.33 bits per heavy atom. The molecule has 0 saturated heterocycles. The third-order valence-corrected chi connectivity index (χ3v) is 7.60. The van der Waals surface area contributed by atoms with Crippen LogP contribution in [0.5, 0.6) is 5.75 Å². The van der Waals surface area contributed by atoms with Gasteiger partial charge >= 0.3 is 11.3 Å². The SMILES string of the molecule is Cc1ccc(-c2nn(-c3ccccc3)cc2C(c2c(O)c3cc(F)ccc3oc2=O)c2c(N)n(C)c(=O)n(C)c2=O)cc1. The van der Waals surface area contributed by atoms with Gasteiger partial charge in [0.2, 0.25) is 0 Å². The maximum absolute atomic E-state index is 14.3. The van der Waals surface area contributed by atoms with Crippen LogP contribution in [-0.2, 0) is 14.1 Å². The van der Waals surface area contributed by atoms with Crippen molar-refractivity contribution in [1.82, 2.24) is 18.9 Å². The van der Waals surface area contributed by atoms with Crippen molar-refractivity contribution in [3.8, 4) is 22.7 Å². The van der Waals surface area contributed by atoms with Gasteiger partial charge in [-0.1, -0.05) is 48.0 Å². The lowest BCUT2D eigenvalue weighted by atomic mass is 9.84. The molecule has 0 fully saturated rings. The molecule has 3 aromatic heterocycles. The third-order valence-electron chi connectivity index (χ3n) is 7.60. The molecule has 11 heteroatoms. The summed E-state index contributed by atoms with van der Waals surface area (Å²) in [7, 11) is 2.68. The van der Waals surface area contributed by atoms with E-state index in [9.17, 15) is 23.9 Å². The first-order valence-electron chi connectivity index (χ1n) is 13.3. The fraction of sp³-hybridized carbons (Fsp3) is 0.125. The van der Waals surface area contributed by atoms with Crippen molar-refractivity contribution in [2.75, 3.05) is 5.73 Å². The lowest BCUT2D eigenvalue weighted by Gasteiger charge is -2.21. The Labute approximate surface area is 243 Å². The minimum absolute atomic E-state index is 0.0496. The molecule has 3 heterocycles. The second-order valence-electron chi connectivity index (χ2n) is 10.3. The molecule has 43 heavy (non-hydrogen) atoms. The van der Waals surface area contributed by atoms with Crippen LogP contribution >= 0.6 is 0 Å². The van der Waals surface area contributed by atoms with Crippen LogP contribution < -0.4 is 22.6 Å². The van der Waals surface area contributed by atoms with Gasteiger partial charge in [-0.25, -0.2) is 18.7 Å². The minimum atomic E-state index is -1.39. The zero-order chi connectivity index (χ0) is 30.6. The van der Waals surface area contributed by atoms with Gasteiger partial charge in [0.1, 0.15) is 23.0 Å². The highest BCUT2D eigenvalue weighted by Crippen LogP contribution is 2.42. The first kappa shape index (κ1) is 27.5. The number of hydrogen-bond acceptors (Lipinski definition) is 7. The van der Waals surface area contributed by atoms with E-state index in [2.05, 4.69) is 0 Å². The fourth-order valence-corrected chi connectivity index (χ4v) is 5.29. The monoisotopic (exact) mass is 579 g/mol. The van der Waals surface area contributed by atoms with E-state index in [0.717, 1.165) is 26.8 Å². The van der Waals surface area contributed by atoms with E-state index in [1.807, 2.05) is 61.5 Å². The van der Waals surface area contributed by atoms with Gasteiger partial charge in [-0.2, -0.15) is 5.10 Å². The highest BCUT2D eigenvalue weighted by Gasteiger charge is 2.35. The molecule has 216 valence electrons. The van der Waals surface area contributed by atoms with Gasteiger partial charge in [-0.05, 0) is 37.3 Å². The highest BCUT2D eigenvalue weighted by atomic mass is 19.1. The van der Waals surface area contributed by atoms with Crippen molar-refractivity contribution in [2.24, 2.45) is 14.1 Å². The average molecular weight is 580 g/mol. The number of hydrogen-bond donors (Lipinski definition) is 2. The van der Waals surface area contributed by atoms with Gasteiger partial charge < -0.3 is 15.3 Å². The van der Waals surface area contributed by atoms with E-state index in [4.69, 9.17) is 15.2 Å². The van der Waals surface area contributed by atoms with Gasteiger partial charge in [-0.3, -0.25) is 13.9 Å². The van der Waals surface area contributed by atoms with Crippen LogP contribution in [0.3, 0.4) is 0 Å². The molecule has 10 nitrogen and oxygen atoms in total. The largest absolute Gasteiger partial charge is 0.507 e. The fourth-order valence-electron chi connectivity index (χ4n) is 5.29. The zero-order valence-corrected chi connectivity index (χ0v) is 23.4. The van der Waals surface area contributed by atoms with Crippen molar-refractivity contribution in [3.63, 3.8) is 0 Å². The summed E-state index contributed by atoms with van der Waals surface area (Å²) in [6.07, 6.45) is 1.63. The first-order valence-corrected chi connectivity index (χ1v) is 13.3. The molecule has 3 N–H and O–H groups in total. The Morgan fingerprint density at radius 1 is 0.930 bits per heavy atom. The number of aromatic nitrogens is 4. The molecule has 6 aromatic rings. The molecule has 3 aromatic carbocycles. The van der Waals surface area contributed by atoms with E-state index in [1.165, 1.54) is 20.2 Å². The number of nitrogens with two attached hydrogens (primary N) is 1. The summed E-state index contributed by atoms with van der Waals surface area (Å²) in [6.45, 7) is 1.93. The number of halogens is 1. The number of anilines is 1. The molecule has 0 saturated carbocycles. The molecule has 0 amide bonds. The minimum Gasteiger partial charge on any atom is -0.507 e.